The van der Waals surface area contributed by atoms with Gasteiger partial charge in [-0.3, -0.25) is 0 Å². The van der Waals surface area contributed by atoms with Gasteiger partial charge in [0, 0.05) is 18.8 Å². The number of sulfonamides is 1. The lowest BCUT2D eigenvalue weighted by molar-refractivity contribution is 0.0696. The van der Waals surface area contributed by atoms with Gasteiger partial charge in [0.2, 0.25) is 0 Å². The van der Waals surface area contributed by atoms with Gasteiger partial charge in [0.15, 0.2) is 5.03 Å². The lowest BCUT2D eigenvalue weighted by atomic mass is 10.1. The highest BCUT2D eigenvalue weighted by molar-refractivity contribution is 7.89. The van der Waals surface area contributed by atoms with Gasteiger partial charge < -0.3 is 9.84 Å². The van der Waals surface area contributed by atoms with Crippen molar-refractivity contribution < 1.29 is 23.1 Å². The lowest BCUT2D eigenvalue weighted by Gasteiger charge is -2.21. The molecule has 0 bridgehead atoms. The predicted molar refractivity (Wildman–Crippen MR) is 76.6 cm³/mol. The van der Waals surface area contributed by atoms with Crippen molar-refractivity contribution in [3.63, 3.8) is 0 Å². The Morgan fingerprint density at radius 1 is 1.43 bits per heavy atom. The second kappa shape index (κ2) is 7.48. The van der Waals surface area contributed by atoms with Crippen LogP contribution in [-0.4, -0.2) is 43.7 Å². The average Bonchev–Trinajstić information content (AvgIpc) is 2.43. The summed E-state index contributed by atoms with van der Waals surface area (Å²) < 4.78 is 32.2. The van der Waals surface area contributed by atoms with Gasteiger partial charge in [-0.1, -0.05) is 13.8 Å². The molecule has 1 unspecified atom stereocenters. The molecular weight excluding hydrogens is 296 g/mol. The second-order valence-corrected chi connectivity index (χ2v) is 6.48. The normalized spacial score (nSPS) is 13.3. The molecule has 1 heterocycles. The first kappa shape index (κ1) is 17.5. The number of hydrogen-bond donors (Lipinski definition) is 2. The Balaban J connectivity index is 2.90. The summed E-state index contributed by atoms with van der Waals surface area (Å²) in [6, 6.07) is 2.00. The topological polar surface area (TPSA) is 106 Å². The van der Waals surface area contributed by atoms with Gasteiger partial charge in [0.05, 0.1) is 12.2 Å². The fourth-order valence-corrected chi connectivity index (χ4v) is 2.83. The van der Waals surface area contributed by atoms with Crippen LogP contribution >= 0.6 is 0 Å². The number of ether oxygens (including phenoxy) is 1. The van der Waals surface area contributed by atoms with Crippen molar-refractivity contribution in [1.82, 2.24) is 9.71 Å². The minimum atomic E-state index is -3.81. The molecule has 0 aliphatic carbocycles. The van der Waals surface area contributed by atoms with Gasteiger partial charge >= 0.3 is 5.97 Å². The molecule has 2 N–H and O–H groups in total. The van der Waals surface area contributed by atoms with Gasteiger partial charge in [-0.05, 0) is 25.0 Å². The van der Waals surface area contributed by atoms with E-state index in [1.54, 1.807) is 0 Å². The molecule has 0 aromatic carbocycles. The van der Waals surface area contributed by atoms with Crippen LogP contribution in [0.1, 0.15) is 31.1 Å². The minimum Gasteiger partial charge on any atom is -0.478 e. The van der Waals surface area contributed by atoms with E-state index in [1.807, 2.05) is 20.8 Å². The van der Waals surface area contributed by atoms with E-state index in [0.29, 0.717) is 6.61 Å². The Morgan fingerprint density at radius 3 is 2.52 bits per heavy atom. The second-order valence-electron chi connectivity index (χ2n) is 4.82. The maximum atomic E-state index is 12.2. The van der Waals surface area contributed by atoms with E-state index in [0.717, 1.165) is 6.20 Å². The molecule has 1 aromatic heterocycles. The van der Waals surface area contributed by atoms with E-state index in [1.165, 1.54) is 12.1 Å². The summed E-state index contributed by atoms with van der Waals surface area (Å²) in [5.41, 5.74) is -0.0660. The molecule has 0 aliphatic heterocycles. The van der Waals surface area contributed by atoms with Crippen molar-refractivity contribution in [2.24, 2.45) is 5.92 Å². The van der Waals surface area contributed by atoms with Crippen LogP contribution < -0.4 is 4.72 Å². The van der Waals surface area contributed by atoms with Crippen molar-refractivity contribution in [2.45, 2.75) is 31.8 Å². The SMILES string of the molecule is CCOCC(NS(=O)(=O)c1ccc(C(=O)O)cn1)C(C)C. The Labute approximate surface area is 124 Å². The Bertz CT molecular complexity index is 569. The fourth-order valence-electron chi connectivity index (χ4n) is 1.53. The third-order valence-electron chi connectivity index (χ3n) is 2.87. The van der Waals surface area contributed by atoms with Gasteiger partial charge in [0.1, 0.15) is 0 Å². The maximum absolute atomic E-state index is 12.2. The van der Waals surface area contributed by atoms with Crippen molar-refractivity contribution in [1.29, 1.82) is 0 Å². The van der Waals surface area contributed by atoms with E-state index < -0.39 is 16.0 Å². The number of carbonyl (C=O) groups is 1. The number of aromatic nitrogens is 1. The van der Waals surface area contributed by atoms with E-state index >= 15 is 0 Å². The molecule has 0 amide bonds. The summed E-state index contributed by atoms with van der Waals surface area (Å²) in [7, 11) is -3.81. The van der Waals surface area contributed by atoms with Crippen LogP contribution in [-0.2, 0) is 14.8 Å². The fraction of sp³-hybridized carbons (Fsp3) is 0.538. The van der Waals surface area contributed by atoms with Crippen molar-refractivity contribution in [3.8, 4) is 0 Å². The van der Waals surface area contributed by atoms with Gasteiger partial charge in [-0.25, -0.2) is 22.9 Å². The minimum absolute atomic E-state index is 0.0459. The van der Waals surface area contributed by atoms with Crippen LogP contribution in [0.25, 0.3) is 0 Å². The summed E-state index contributed by atoms with van der Waals surface area (Å²) in [6.07, 6.45) is 1.02. The monoisotopic (exact) mass is 316 g/mol. The molecule has 0 fully saturated rings. The third kappa shape index (κ3) is 5.07. The van der Waals surface area contributed by atoms with Crippen molar-refractivity contribution >= 4 is 16.0 Å². The highest BCUT2D eigenvalue weighted by Crippen LogP contribution is 2.11. The number of hydrogen-bond acceptors (Lipinski definition) is 5. The molecular formula is C13H20N2O5S. The molecule has 7 nitrogen and oxygen atoms in total. The first-order valence-electron chi connectivity index (χ1n) is 6.57. The number of pyridine rings is 1. The summed E-state index contributed by atoms with van der Waals surface area (Å²) in [6.45, 7) is 6.36. The van der Waals surface area contributed by atoms with Gasteiger partial charge in [0.25, 0.3) is 10.0 Å². The number of nitrogens with one attached hydrogen (secondary N) is 1. The van der Waals surface area contributed by atoms with E-state index in [4.69, 9.17) is 9.84 Å². The number of carboxylic acid groups (broad SMARTS) is 1. The van der Waals surface area contributed by atoms with Crippen LogP contribution in [0, 0.1) is 5.92 Å². The number of nitrogens with zero attached hydrogens (tertiary/aromatic N) is 1. The summed E-state index contributed by atoms with van der Waals surface area (Å²) in [5, 5.41) is 8.56. The lowest BCUT2D eigenvalue weighted by Crippen LogP contribution is -2.42. The molecule has 0 saturated heterocycles. The zero-order valence-corrected chi connectivity index (χ0v) is 13.1. The van der Waals surface area contributed by atoms with Crippen LogP contribution in [0.5, 0.6) is 0 Å². The van der Waals surface area contributed by atoms with E-state index in [9.17, 15) is 13.2 Å². The summed E-state index contributed by atoms with van der Waals surface area (Å²) in [5.74, 6) is -1.11. The smallest absolute Gasteiger partial charge is 0.337 e. The van der Waals surface area contributed by atoms with Crippen LogP contribution in [0.4, 0.5) is 0 Å². The van der Waals surface area contributed by atoms with Crippen molar-refractivity contribution in [2.75, 3.05) is 13.2 Å². The van der Waals surface area contributed by atoms with E-state index in [-0.39, 0.29) is 29.2 Å². The molecule has 118 valence electrons. The number of aromatic carboxylic acids is 1. The summed E-state index contributed by atoms with van der Waals surface area (Å²) in [4.78, 5) is 14.4. The van der Waals surface area contributed by atoms with Gasteiger partial charge in [-0.2, -0.15) is 0 Å². The molecule has 1 atom stereocenters. The number of rotatable bonds is 8. The average molecular weight is 316 g/mol. The van der Waals surface area contributed by atoms with Crippen molar-refractivity contribution in [3.05, 3.63) is 23.9 Å². The molecule has 0 spiro atoms. The first-order valence-corrected chi connectivity index (χ1v) is 8.05. The van der Waals surface area contributed by atoms with Crippen LogP contribution in [0.15, 0.2) is 23.4 Å². The maximum Gasteiger partial charge on any atom is 0.337 e. The zero-order valence-electron chi connectivity index (χ0n) is 12.2. The molecule has 21 heavy (non-hydrogen) atoms. The Morgan fingerprint density at radius 2 is 2.10 bits per heavy atom. The molecule has 0 radical (unpaired) electrons. The van der Waals surface area contributed by atoms with E-state index in [2.05, 4.69) is 9.71 Å². The quantitative estimate of drug-likeness (QED) is 0.744. The highest BCUT2D eigenvalue weighted by Gasteiger charge is 2.23. The third-order valence-corrected chi connectivity index (χ3v) is 4.28. The molecule has 0 aliphatic rings. The highest BCUT2D eigenvalue weighted by atomic mass is 32.2. The zero-order chi connectivity index (χ0) is 16.0. The molecule has 1 rings (SSSR count). The predicted octanol–water partition coefficient (Wildman–Crippen LogP) is 1.12. The largest absolute Gasteiger partial charge is 0.478 e. The molecule has 1 aromatic rings. The molecule has 8 heteroatoms. The van der Waals surface area contributed by atoms with Gasteiger partial charge in [-0.15, -0.1) is 0 Å². The Kier molecular flexibility index (Phi) is 6.25. The summed E-state index contributed by atoms with van der Waals surface area (Å²) >= 11 is 0. The first-order chi connectivity index (χ1) is 9.77. The number of carboxylic acids is 1. The Hall–Kier alpha value is -1.51. The van der Waals surface area contributed by atoms with Crippen LogP contribution in [0.3, 0.4) is 0 Å². The standard InChI is InChI=1S/C13H20N2O5S/c1-4-20-8-11(9(2)3)15-21(18,19)12-6-5-10(7-14-12)13(16)17/h5-7,9,11,15H,4,8H2,1-3H3,(H,16,17). The molecule has 0 saturated carbocycles. The van der Waals surface area contributed by atoms with Crippen LogP contribution in [0.2, 0.25) is 0 Å².